The third-order valence-corrected chi connectivity index (χ3v) is 7.73. The van der Waals surface area contributed by atoms with E-state index in [9.17, 15) is 23.3 Å². The maximum Gasteiger partial charge on any atom is 0.286 e. The normalized spacial score (nSPS) is 18.8. The van der Waals surface area contributed by atoms with Crippen LogP contribution >= 0.6 is 11.6 Å². The Morgan fingerprint density at radius 1 is 1.06 bits per heavy atom. The summed E-state index contributed by atoms with van der Waals surface area (Å²) in [5.41, 5.74) is 1.60. The van der Waals surface area contributed by atoms with Crippen LogP contribution in [0, 0.1) is 10.1 Å². The van der Waals surface area contributed by atoms with Gasteiger partial charge in [-0.05, 0) is 37.0 Å². The summed E-state index contributed by atoms with van der Waals surface area (Å²) >= 11 is 6.49. The van der Waals surface area contributed by atoms with Crippen molar-refractivity contribution in [1.29, 1.82) is 0 Å². The number of rotatable bonds is 2. The number of hydrogen-bond acceptors (Lipinski definition) is 6. The number of hydrogen-bond donors (Lipinski definition) is 0. The molecule has 0 N–H and O–H groups in total. The van der Waals surface area contributed by atoms with Gasteiger partial charge in [-0.2, -0.15) is 8.42 Å². The van der Waals surface area contributed by atoms with Crippen LogP contribution in [0.15, 0.2) is 39.6 Å². The lowest BCUT2D eigenvalue weighted by Crippen LogP contribution is -2.36. The van der Waals surface area contributed by atoms with Crippen LogP contribution in [0.25, 0.3) is 0 Å². The fraction of sp³-hybridized carbons (Fsp3) is 0.333. The van der Waals surface area contributed by atoms with E-state index in [1.54, 1.807) is 6.07 Å². The van der Waals surface area contributed by atoms with Gasteiger partial charge in [0.1, 0.15) is 10.7 Å². The fourth-order valence-corrected chi connectivity index (χ4v) is 6.00. The summed E-state index contributed by atoms with van der Waals surface area (Å²) in [6.07, 6.45) is 3.86. The van der Waals surface area contributed by atoms with E-state index in [-0.39, 0.29) is 21.2 Å². The Kier molecular flexibility index (Phi) is 4.94. The van der Waals surface area contributed by atoms with E-state index in [4.69, 9.17) is 11.6 Å². The second kappa shape index (κ2) is 7.56. The number of amides is 1. The topological polar surface area (TPSA) is 113 Å². The predicted molar refractivity (Wildman–Crippen MR) is 120 cm³/mol. The van der Waals surface area contributed by atoms with Crippen LogP contribution in [-0.2, 0) is 16.4 Å². The Bertz CT molecular complexity index is 1310. The lowest BCUT2D eigenvalue weighted by Gasteiger charge is -2.30. The molecule has 0 saturated carbocycles. The van der Waals surface area contributed by atoms with Crippen LogP contribution in [0.2, 0.25) is 5.02 Å². The van der Waals surface area contributed by atoms with Crippen molar-refractivity contribution in [3.05, 3.63) is 56.6 Å². The first-order valence-corrected chi connectivity index (χ1v) is 12.1. The first kappa shape index (κ1) is 20.9. The van der Waals surface area contributed by atoms with Gasteiger partial charge < -0.3 is 9.80 Å². The van der Waals surface area contributed by atoms with Gasteiger partial charge in [-0.3, -0.25) is 14.9 Å². The molecule has 0 atom stereocenters. The molecule has 166 valence electrons. The average molecular weight is 475 g/mol. The zero-order chi connectivity index (χ0) is 22.6. The number of anilines is 2. The summed E-state index contributed by atoms with van der Waals surface area (Å²) in [4.78, 5) is 27.3. The zero-order valence-corrected chi connectivity index (χ0v) is 18.5. The molecule has 1 fully saturated rings. The van der Waals surface area contributed by atoms with Gasteiger partial charge in [-0.25, -0.2) is 0 Å². The molecular formula is C21H19ClN4O5S. The number of amidine groups is 1. The van der Waals surface area contributed by atoms with Crippen molar-refractivity contribution in [2.75, 3.05) is 22.9 Å². The number of halogens is 1. The van der Waals surface area contributed by atoms with E-state index >= 15 is 0 Å². The molecule has 0 aliphatic carbocycles. The van der Waals surface area contributed by atoms with E-state index < -0.39 is 20.9 Å². The van der Waals surface area contributed by atoms with Crippen molar-refractivity contribution >= 4 is 50.4 Å². The standard InChI is InChI=1S/C21H19ClN4O5S/c22-16-12-18-19(32(30,31)23-20-4-2-1-3-8-24(18)20)11-15(16)21(27)25-9-7-13-5-6-14(26(28)29)10-17(13)25/h5-6,10-12H,1-4,7-9H2. The summed E-state index contributed by atoms with van der Waals surface area (Å²) in [5.74, 6) is 0.00353. The number of carbonyl (C=O) groups excluding carboxylic acids is 1. The van der Waals surface area contributed by atoms with Crippen LogP contribution in [0.5, 0.6) is 0 Å². The van der Waals surface area contributed by atoms with Crippen LogP contribution in [0.1, 0.15) is 41.6 Å². The minimum Gasteiger partial charge on any atom is -0.328 e. The van der Waals surface area contributed by atoms with Gasteiger partial charge in [0.2, 0.25) is 0 Å². The highest BCUT2D eigenvalue weighted by Crippen LogP contribution is 2.39. The molecule has 0 aromatic heterocycles. The van der Waals surface area contributed by atoms with E-state index in [0.717, 1.165) is 24.8 Å². The molecule has 1 amide bonds. The third kappa shape index (κ3) is 3.34. The van der Waals surface area contributed by atoms with Crippen molar-refractivity contribution in [3.8, 4) is 0 Å². The summed E-state index contributed by atoms with van der Waals surface area (Å²) in [6.45, 7) is 0.956. The van der Waals surface area contributed by atoms with E-state index in [1.807, 2.05) is 4.90 Å². The highest BCUT2D eigenvalue weighted by atomic mass is 35.5. The van der Waals surface area contributed by atoms with Crippen LogP contribution in [-0.4, -0.2) is 38.2 Å². The summed E-state index contributed by atoms with van der Waals surface area (Å²) in [7, 11) is -3.98. The minimum absolute atomic E-state index is 0.0295. The highest BCUT2D eigenvalue weighted by Gasteiger charge is 2.35. The van der Waals surface area contributed by atoms with Crippen LogP contribution in [0.4, 0.5) is 17.1 Å². The largest absolute Gasteiger partial charge is 0.328 e. The molecule has 32 heavy (non-hydrogen) atoms. The minimum atomic E-state index is -3.98. The molecule has 3 aliphatic rings. The Balaban J connectivity index is 1.58. The van der Waals surface area contributed by atoms with Crippen molar-refractivity contribution in [3.63, 3.8) is 0 Å². The molecule has 3 heterocycles. The zero-order valence-electron chi connectivity index (χ0n) is 17.0. The summed E-state index contributed by atoms with van der Waals surface area (Å²) in [5, 5.41) is 11.3. The van der Waals surface area contributed by atoms with Crippen molar-refractivity contribution in [2.45, 2.75) is 37.0 Å². The molecular weight excluding hydrogens is 456 g/mol. The van der Waals surface area contributed by atoms with Gasteiger partial charge >= 0.3 is 0 Å². The molecule has 2 aromatic rings. The van der Waals surface area contributed by atoms with Gasteiger partial charge in [-0.15, -0.1) is 4.40 Å². The molecule has 9 nitrogen and oxygen atoms in total. The van der Waals surface area contributed by atoms with E-state index in [0.29, 0.717) is 43.1 Å². The van der Waals surface area contributed by atoms with Crippen LogP contribution < -0.4 is 9.80 Å². The Labute approximate surface area is 189 Å². The summed E-state index contributed by atoms with van der Waals surface area (Å²) < 4.78 is 29.8. The van der Waals surface area contributed by atoms with Gasteiger partial charge in [0.05, 0.1) is 26.9 Å². The molecule has 5 rings (SSSR count). The smallest absolute Gasteiger partial charge is 0.286 e. The second-order valence-corrected chi connectivity index (χ2v) is 10.0. The van der Waals surface area contributed by atoms with Crippen molar-refractivity contribution in [2.24, 2.45) is 4.40 Å². The molecule has 0 bridgehead atoms. The SMILES string of the molecule is O=C(c1cc2c(cc1Cl)N1CCCCCC1=NS2(=O)=O)N1CCc2ccc([N+](=O)[O-])cc21. The first-order valence-electron chi connectivity index (χ1n) is 10.3. The van der Waals surface area contributed by atoms with Gasteiger partial charge in [0, 0.05) is 31.6 Å². The Morgan fingerprint density at radius 3 is 2.66 bits per heavy atom. The fourth-order valence-electron chi connectivity index (χ4n) is 4.50. The Hall–Kier alpha value is -2.98. The second-order valence-electron chi connectivity index (χ2n) is 8.02. The number of carbonyl (C=O) groups is 1. The number of nitro benzene ring substituents is 1. The molecule has 0 radical (unpaired) electrons. The third-order valence-electron chi connectivity index (χ3n) is 6.09. The van der Waals surface area contributed by atoms with Gasteiger partial charge in [-0.1, -0.05) is 24.1 Å². The number of fused-ring (bicyclic) bond motifs is 4. The Morgan fingerprint density at radius 2 is 1.88 bits per heavy atom. The van der Waals surface area contributed by atoms with Crippen molar-refractivity contribution < 1.29 is 18.1 Å². The van der Waals surface area contributed by atoms with E-state index in [2.05, 4.69) is 4.40 Å². The summed E-state index contributed by atoms with van der Waals surface area (Å²) in [6, 6.07) is 7.20. The maximum absolute atomic E-state index is 13.4. The van der Waals surface area contributed by atoms with E-state index in [1.165, 1.54) is 29.2 Å². The maximum atomic E-state index is 13.4. The van der Waals surface area contributed by atoms with Gasteiger partial charge in [0.15, 0.2) is 0 Å². The molecule has 0 unspecified atom stereocenters. The highest BCUT2D eigenvalue weighted by molar-refractivity contribution is 7.90. The number of non-ortho nitro benzene ring substituents is 1. The monoisotopic (exact) mass is 474 g/mol. The number of sulfonamides is 1. The predicted octanol–water partition coefficient (Wildman–Crippen LogP) is 3.93. The number of nitro groups is 1. The number of nitrogens with zero attached hydrogens (tertiary/aromatic N) is 4. The molecule has 11 heteroatoms. The number of benzene rings is 2. The molecule has 2 aromatic carbocycles. The average Bonchev–Trinajstić information content (AvgIpc) is 3.03. The molecule has 1 saturated heterocycles. The lowest BCUT2D eigenvalue weighted by molar-refractivity contribution is -0.384. The van der Waals surface area contributed by atoms with Gasteiger partial charge in [0.25, 0.3) is 21.6 Å². The quantitative estimate of drug-likeness (QED) is 0.481. The molecule has 3 aliphatic heterocycles. The first-order chi connectivity index (χ1) is 15.3. The van der Waals surface area contributed by atoms with Crippen LogP contribution in [0.3, 0.4) is 0 Å². The van der Waals surface area contributed by atoms with Crippen molar-refractivity contribution in [1.82, 2.24) is 0 Å². The molecule has 0 spiro atoms. The lowest BCUT2D eigenvalue weighted by atomic mass is 10.1.